The predicted octanol–water partition coefficient (Wildman–Crippen LogP) is 4.40. The Morgan fingerprint density at radius 1 is 1.26 bits per heavy atom. The Balaban J connectivity index is 2.06. The molecule has 19 heavy (non-hydrogen) atoms. The van der Waals surface area contributed by atoms with E-state index >= 15 is 0 Å². The molecule has 0 spiro atoms. The highest BCUT2D eigenvalue weighted by atomic mass is 16.1. The molecule has 1 aromatic carbocycles. The van der Waals surface area contributed by atoms with Gasteiger partial charge in [-0.3, -0.25) is 4.79 Å². The van der Waals surface area contributed by atoms with Gasteiger partial charge in [0.1, 0.15) is 0 Å². The van der Waals surface area contributed by atoms with Crippen molar-refractivity contribution in [1.29, 1.82) is 0 Å². The molecule has 2 aliphatic carbocycles. The second kappa shape index (κ2) is 3.82. The van der Waals surface area contributed by atoms with Gasteiger partial charge in [0.25, 0.3) is 0 Å². The molecule has 0 amide bonds. The zero-order valence-electron chi connectivity index (χ0n) is 12.3. The highest BCUT2D eigenvalue weighted by Gasteiger charge is 2.63. The average molecular weight is 254 g/mol. The Labute approximate surface area is 115 Å². The predicted molar refractivity (Wildman–Crippen MR) is 78.8 cm³/mol. The number of hydrogen-bond donors (Lipinski definition) is 0. The fourth-order valence-electron chi connectivity index (χ4n) is 4.03. The molecule has 1 aromatic rings. The van der Waals surface area contributed by atoms with Gasteiger partial charge in [0.2, 0.25) is 0 Å². The topological polar surface area (TPSA) is 17.1 Å². The van der Waals surface area contributed by atoms with Crippen molar-refractivity contribution < 1.29 is 4.79 Å². The fourth-order valence-corrected chi connectivity index (χ4v) is 4.03. The number of rotatable bonds is 1. The number of carbonyl (C=O) groups excluding carboxylic acids is 1. The number of benzene rings is 1. The Morgan fingerprint density at radius 3 is 2.58 bits per heavy atom. The maximum Gasteiger partial charge on any atom is 0.165 e. The summed E-state index contributed by atoms with van der Waals surface area (Å²) in [7, 11) is 0. The molecular formula is C18H22O. The van der Waals surface area contributed by atoms with Gasteiger partial charge >= 0.3 is 0 Å². The molecule has 1 heteroatoms. The molecule has 2 atom stereocenters. The lowest BCUT2D eigenvalue weighted by Gasteiger charge is -2.31. The molecule has 0 radical (unpaired) electrons. The van der Waals surface area contributed by atoms with E-state index in [1.165, 1.54) is 5.56 Å². The number of fused-ring (bicyclic) bond motifs is 2. The minimum Gasteiger partial charge on any atom is -0.294 e. The summed E-state index contributed by atoms with van der Waals surface area (Å²) in [5.74, 6) is 0.820. The van der Waals surface area contributed by atoms with E-state index in [-0.39, 0.29) is 10.8 Å². The third-order valence-electron chi connectivity index (χ3n) is 5.73. The van der Waals surface area contributed by atoms with E-state index in [1.54, 1.807) is 0 Å². The minimum atomic E-state index is -0.146. The van der Waals surface area contributed by atoms with Crippen LogP contribution in [0.4, 0.5) is 0 Å². The van der Waals surface area contributed by atoms with Crippen LogP contribution < -0.4 is 0 Å². The quantitative estimate of drug-likeness (QED) is 0.679. The van der Waals surface area contributed by atoms with E-state index in [0.29, 0.717) is 11.7 Å². The summed E-state index contributed by atoms with van der Waals surface area (Å²) < 4.78 is 0. The van der Waals surface area contributed by atoms with Gasteiger partial charge in [0.15, 0.2) is 5.78 Å². The van der Waals surface area contributed by atoms with Crippen LogP contribution in [0.1, 0.15) is 44.7 Å². The highest BCUT2D eigenvalue weighted by molar-refractivity contribution is 6.07. The van der Waals surface area contributed by atoms with Crippen molar-refractivity contribution in [2.75, 3.05) is 0 Å². The monoisotopic (exact) mass is 254 g/mol. The average Bonchev–Trinajstić information content (AvgIpc) is 2.64. The Morgan fingerprint density at radius 2 is 2.00 bits per heavy atom. The molecule has 100 valence electrons. The maximum absolute atomic E-state index is 12.7. The molecule has 0 heterocycles. The van der Waals surface area contributed by atoms with Crippen LogP contribution in [0.5, 0.6) is 0 Å². The molecule has 0 aliphatic heterocycles. The first kappa shape index (κ1) is 12.7. The molecule has 2 bridgehead atoms. The zero-order valence-corrected chi connectivity index (χ0v) is 12.3. The van der Waals surface area contributed by atoms with Crippen LogP contribution in [0.15, 0.2) is 29.8 Å². The molecule has 2 fully saturated rings. The lowest BCUT2D eigenvalue weighted by atomic mass is 9.70. The minimum absolute atomic E-state index is 0.111. The van der Waals surface area contributed by atoms with Gasteiger partial charge in [-0.2, -0.15) is 0 Å². The van der Waals surface area contributed by atoms with Crippen molar-refractivity contribution in [3.8, 4) is 0 Å². The summed E-state index contributed by atoms with van der Waals surface area (Å²) in [6.07, 6.45) is 4.34. The van der Waals surface area contributed by atoms with Crippen molar-refractivity contribution in [3.63, 3.8) is 0 Å². The Hall–Kier alpha value is -1.37. The third-order valence-corrected chi connectivity index (χ3v) is 5.73. The first-order valence-corrected chi connectivity index (χ1v) is 7.19. The van der Waals surface area contributed by atoms with Gasteiger partial charge in [-0.15, -0.1) is 0 Å². The summed E-state index contributed by atoms with van der Waals surface area (Å²) >= 11 is 0. The third kappa shape index (κ3) is 1.57. The molecule has 0 saturated heterocycles. The van der Waals surface area contributed by atoms with Gasteiger partial charge in [-0.25, -0.2) is 0 Å². The summed E-state index contributed by atoms with van der Waals surface area (Å²) in [5.41, 5.74) is 3.43. The van der Waals surface area contributed by atoms with Crippen molar-refractivity contribution in [2.24, 2.45) is 16.7 Å². The molecule has 1 nitrogen and oxygen atoms in total. The van der Waals surface area contributed by atoms with E-state index in [1.807, 2.05) is 0 Å². The summed E-state index contributed by atoms with van der Waals surface area (Å²) in [5, 5.41) is 0. The van der Waals surface area contributed by atoms with Gasteiger partial charge in [-0.05, 0) is 48.3 Å². The molecule has 2 saturated carbocycles. The molecule has 3 rings (SSSR count). The first-order chi connectivity index (χ1) is 8.86. The van der Waals surface area contributed by atoms with Crippen LogP contribution in [-0.4, -0.2) is 5.78 Å². The van der Waals surface area contributed by atoms with Gasteiger partial charge < -0.3 is 0 Å². The van der Waals surface area contributed by atoms with Crippen LogP contribution in [0.25, 0.3) is 6.08 Å². The van der Waals surface area contributed by atoms with Crippen LogP contribution in [0.3, 0.4) is 0 Å². The van der Waals surface area contributed by atoms with Gasteiger partial charge in [0, 0.05) is 5.41 Å². The number of ketones is 1. The van der Waals surface area contributed by atoms with Gasteiger partial charge in [0.05, 0.1) is 0 Å². The van der Waals surface area contributed by atoms with Crippen molar-refractivity contribution in [2.45, 2.75) is 40.5 Å². The van der Waals surface area contributed by atoms with Crippen LogP contribution in [-0.2, 0) is 4.79 Å². The second-order valence-electron chi connectivity index (χ2n) is 6.99. The van der Waals surface area contributed by atoms with E-state index in [2.05, 4.69) is 58.0 Å². The Bertz CT molecular complexity index is 579. The fraction of sp³-hybridized carbons (Fsp3) is 0.500. The summed E-state index contributed by atoms with van der Waals surface area (Å²) in [6.45, 7) is 8.78. The van der Waals surface area contributed by atoms with Crippen LogP contribution in [0.2, 0.25) is 0 Å². The Kier molecular flexibility index (Phi) is 2.54. The number of carbonyl (C=O) groups is 1. The normalized spacial score (nSPS) is 34.2. The van der Waals surface area contributed by atoms with E-state index < -0.39 is 0 Å². The molecule has 2 aliphatic rings. The smallest absolute Gasteiger partial charge is 0.165 e. The van der Waals surface area contributed by atoms with Crippen molar-refractivity contribution in [3.05, 3.63) is 41.0 Å². The van der Waals surface area contributed by atoms with E-state index in [4.69, 9.17) is 0 Å². The van der Waals surface area contributed by atoms with Gasteiger partial charge in [-0.1, -0.05) is 50.6 Å². The van der Waals surface area contributed by atoms with E-state index in [0.717, 1.165) is 24.0 Å². The second-order valence-corrected chi connectivity index (χ2v) is 6.99. The first-order valence-electron chi connectivity index (χ1n) is 7.19. The lowest BCUT2D eigenvalue weighted by Crippen LogP contribution is -2.32. The largest absolute Gasteiger partial charge is 0.294 e. The number of aryl methyl sites for hydroxylation is 1. The number of hydrogen-bond acceptors (Lipinski definition) is 1. The van der Waals surface area contributed by atoms with E-state index in [9.17, 15) is 4.79 Å². The van der Waals surface area contributed by atoms with Crippen molar-refractivity contribution in [1.82, 2.24) is 0 Å². The lowest BCUT2D eigenvalue weighted by molar-refractivity contribution is -0.125. The van der Waals surface area contributed by atoms with Crippen molar-refractivity contribution >= 4 is 11.9 Å². The molecular weight excluding hydrogens is 232 g/mol. The highest BCUT2D eigenvalue weighted by Crippen LogP contribution is 2.65. The number of Topliss-reactive ketones (excluding diaryl/α,β-unsaturated/α-hetero) is 1. The maximum atomic E-state index is 12.7. The molecule has 0 N–H and O–H groups in total. The number of allylic oxidation sites excluding steroid dienone is 1. The summed E-state index contributed by atoms with van der Waals surface area (Å²) in [4.78, 5) is 12.7. The standard InChI is InChI=1S/C18H22O/c1-12-6-5-7-13(10-12)11-14-15-8-9-18(4,16(14)19)17(15,2)3/h5-7,10-11,15H,8-9H2,1-4H3/b14-11+. The van der Waals surface area contributed by atoms with Crippen LogP contribution in [0, 0.1) is 23.7 Å². The summed E-state index contributed by atoms with van der Waals surface area (Å²) in [6, 6.07) is 8.40. The molecule has 2 unspecified atom stereocenters. The van der Waals surface area contributed by atoms with Crippen LogP contribution >= 0.6 is 0 Å². The zero-order chi connectivity index (χ0) is 13.8. The SMILES string of the molecule is Cc1cccc(/C=C2/C(=O)C3(C)CCC2C3(C)C)c1. The molecule has 0 aromatic heterocycles.